The van der Waals surface area contributed by atoms with E-state index in [1.54, 1.807) is 20.8 Å². The lowest BCUT2D eigenvalue weighted by Gasteiger charge is -2.04. The van der Waals surface area contributed by atoms with Crippen LogP contribution in [0.5, 0.6) is 0 Å². The second-order valence-corrected chi connectivity index (χ2v) is 6.13. The van der Waals surface area contributed by atoms with Crippen LogP contribution in [0.4, 0.5) is 0 Å². The second-order valence-electron chi connectivity index (χ2n) is 6.13. The quantitative estimate of drug-likeness (QED) is 0.591. The Hall–Kier alpha value is -3.14. The van der Waals surface area contributed by atoms with Gasteiger partial charge in [-0.25, -0.2) is 9.59 Å². The molecule has 0 radical (unpaired) electrons. The first-order valence-corrected chi connectivity index (χ1v) is 9.04. The fourth-order valence-electron chi connectivity index (χ4n) is 3.32. The smallest absolute Gasteiger partial charge is 0.339 e. The van der Waals surface area contributed by atoms with Crippen LogP contribution in [-0.2, 0) is 9.47 Å². The van der Waals surface area contributed by atoms with Crippen molar-refractivity contribution < 1.29 is 19.1 Å². The van der Waals surface area contributed by atoms with Crippen molar-refractivity contribution >= 4 is 11.9 Å². The van der Waals surface area contributed by atoms with Gasteiger partial charge in [0.1, 0.15) is 0 Å². The van der Waals surface area contributed by atoms with Gasteiger partial charge in [0, 0.05) is 0 Å². The summed E-state index contributed by atoms with van der Waals surface area (Å²) in [6.45, 7) is 5.83. The first-order valence-electron chi connectivity index (χ1n) is 9.04. The van der Waals surface area contributed by atoms with Crippen LogP contribution in [-0.4, -0.2) is 25.2 Å². The Kier molecular flexibility index (Phi) is 5.55. The average molecular weight is 362 g/mol. The lowest BCUT2D eigenvalue weighted by Crippen LogP contribution is -2.08. The molecular weight excluding hydrogens is 340 g/mol. The molecule has 0 unspecified atom stereocenters. The minimum atomic E-state index is -0.430. The minimum Gasteiger partial charge on any atom is -0.462 e. The minimum absolute atomic E-state index is 0.268. The fraction of sp³-hybridized carbons (Fsp3) is 0.217. The third-order valence-corrected chi connectivity index (χ3v) is 4.48. The van der Waals surface area contributed by atoms with Crippen molar-refractivity contribution in [3.05, 3.63) is 71.3 Å². The Morgan fingerprint density at radius 1 is 0.741 bits per heavy atom. The third kappa shape index (κ3) is 3.56. The molecule has 0 aromatic heterocycles. The first kappa shape index (κ1) is 18.6. The summed E-state index contributed by atoms with van der Waals surface area (Å²) >= 11 is 0. The highest BCUT2D eigenvalue weighted by Gasteiger charge is 2.29. The highest BCUT2D eigenvalue weighted by Crippen LogP contribution is 2.39. The summed E-state index contributed by atoms with van der Waals surface area (Å²) < 4.78 is 10.5. The zero-order valence-electron chi connectivity index (χ0n) is 15.7. The molecule has 0 amide bonds. The highest BCUT2D eigenvalue weighted by atomic mass is 16.5. The van der Waals surface area contributed by atoms with Crippen LogP contribution in [0.1, 0.15) is 40.1 Å². The summed E-state index contributed by atoms with van der Waals surface area (Å²) in [5.74, 6) is -0.858. The van der Waals surface area contributed by atoms with Gasteiger partial charge in [0.25, 0.3) is 0 Å². The molecule has 0 saturated heterocycles. The maximum absolute atomic E-state index is 12.6. The van der Waals surface area contributed by atoms with E-state index in [1.807, 2.05) is 54.6 Å². The molecule has 0 bridgehead atoms. The van der Waals surface area contributed by atoms with E-state index in [0.29, 0.717) is 27.8 Å². The molecule has 0 heterocycles. The summed E-state index contributed by atoms with van der Waals surface area (Å²) in [6.07, 6.45) is 0. The summed E-state index contributed by atoms with van der Waals surface area (Å²) in [7, 11) is 0. The van der Waals surface area contributed by atoms with Gasteiger partial charge >= 0.3 is 11.9 Å². The third-order valence-electron chi connectivity index (χ3n) is 4.48. The molecule has 2 aliphatic carbocycles. The average Bonchev–Trinajstić information content (AvgIpc) is 2.79. The molecule has 0 atom stereocenters. The maximum Gasteiger partial charge on any atom is 0.339 e. The molecule has 3 rings (SSSR count). The number of hydrogen-bond donors (Lipinski definition) is 0. The molecule has 0 fully saturated rings. The predicted molar refractivity (Wildman–Crippen MR) is 105 cm³/mol. The Balaban J connectivity index is 2.27. The van der Waals surface area contributed by atoms with Crippen LogP contribution in [0, 0.1) is 6.92 Å². The van der Waals surface area contributed by atoms with Crippen LogP contribution < -0.4 is 0 Å². The van der Waals surface area contributed by atoms with Crippen molar-refractivity contribution in [3.8, 4) is 22.3 Å². The van der Waals surface area contributed by atoms with Gasteiger partial charge in [-0.2, -0.15) is 0 Å². The summed E-state index contributed by atoms with van der Waals surface area (Å²) in [5, 5.41) is 0. The first-order chi connectivity index (χ1) is 13.1. The maximum atomic E-state index is 12.6. The summed E-state index contributed by atoms with van der Waals surface area (Å²) in [4.78, 5) is 25.2. The molecular formula is C23H22O4. The van der Waals surface area contributed by atoms with E-state index in [4.69, 9.17) is 9.47 Å². The molecule has 4 heteroatoms. The second kappa shape index (κ2) is 8.04. The number of carbonyl (C=O) groups excluding carboxylic acids is 2. The van der Waals surface area contributed by atoms with E-state index in [9.17, 15) is 9.59 Å². The standard InChI is InChI=1S/C23H22O4/c1-4-26-22(24)20-15(3)21(23(25)27-5-2)19-14-17(12-9-13-18(19)20)16-10-7-6-8-11-16/h6-14H,4-5H2,1-3H3. The summed E-state index contributed by atoms with van der Waals surface area (Å²) in [6, 6.07) is 17.5. The zero-order valence-corrected chi connectivity index (χ0v) is 15.7. The highest BCUT2D eigenvalue weighted by molar-refractivity contribution is 6.10. The van der Waals surface area contributed by atoms with Crippen molar-refractivity contribution in [1.29, 1.82) is 0 Å². The van der Waals surface area contributed by atoms with Crippen molar-refractivity contribution in [2.45, 2.75) is 20.8 Å². The molecule has 2 aliphatic rings. The monoisotopic (exact) mass is 362 g/mol. The molecule has 0 saturated carbocycles. The normalized spacial score (nSPS) is 10.6. The number of fused-ring (bicyclic) bond motifs is 1. The van der Waals surface area contributed by atoms with E-state index < -0.39 is 11.9 Å². The molecule has 1 aromatic carbocycles. The van der Waals surface area contributed by atoms with Crippen LogP contribution in [0.2, 0.25) is 0 Å². The molecule has 0 aliphatic heterocycles. The van der Waals surface area contributed by atoms with Gasteiger partial charge in [0.2, 0.25) is 0 Å². The van der Waals surface area contributed by atoms with Crippen molar-refractivity contribution in [1.82, 2.24) is 0 Å². The van der Waals surface area contributed by atoms with Gasteiger partial charge in [0.05, 0.1) is 24.3 Å². The van der Waals surface area contributed by atoms with Crippen LogP contribution in [0.25, 0.3) is 22.3 Å². The number of carbonyl (C=O) groups is 2. The number of hydrogen-bond acceptors (Lipinski definition) is 4. The molecule has 27 heavy (non-hydrogen) atoms. The Labute approximate surface area is 159 Å². The van der Waals surface area contributed by atoms with Crippen LogP contribution in [0.15, 0.2) is 54.6 Å². The van der Waals surface area contributed by atoms with E-state index in [2.05, 4.69) is 0 Å². The van der Waals surface area contributed by atoms with Gasteiger partial charge in [-0.1, -0.05) is 48.5 Å². The number of rotatable bonds is 5. The molecule has 0 N–H and O–H groups in total. The molecule has 4 nitrogen and oxygen atoms in total. The van der Waals surface area contributed by atoms with Crippen molar-refractivity contribution in [2.75, 3.05) is 13.2 Å². The SMILES string of the molecule is CCOC(=O)c1c2cccc(-c3ccccc3)cc-2c(C(=O)OCC)c1C. The van der Waals surface area contributed by atoms with Crippen molar-refractivity contribution in [2.24, 2.45) is 0 Å². The molecule has 0 spiro atoms. The van der Waals surface area contributed by atoms with Crippen LogP contribution >= 0.6 is 0 Å². The lowest BCUT2D eigenvalue weighted by atomic mass is 10.0. The predicted octanol–water partition coefficient (Wildman–Crippen LogP) is 5.12. The molecule has 1 aromatic rings. The van der Waals surface area contributed by atoms with Gasteiger partial charge < -0.3 is 9.47 Å². The fourth-order valence-corrected chi connectivity index (χ4v) is 3.32. The zero-order chi connectivity index (χ0) is 19.4. The lowest BCUT2D eigenvalue weighted by molar-refractivity contribution is 0.0525. The van der Waals surface area contributed by atoms with Crippen molar-refractivity contribution in [3.63, 3.8) is 0 Å². The number of esters is 2. The number of benzene rings is 1. The molecule has 138 valence electrons. The van der Waals surface area contributed by atoms with Gasteiger partial charge in [-0.05, 0) is 54.7 Å². The number of ether oxygens (including phenoxy) is 2. The van der Waals surface area contributed by atoms with Crippen LogP contribution in [0.3, 0.4) is 0 Å². The topological polar surface area (TPSA) is 52.6 Å². The van der Waals surface area contributed by atoms with Gasteiger partial charge in [0.15, 0.2) is 0 Å². The van der Waals surface area contributed by atoms with E-state index in [-0.39, 0.29) is 13.2 Å². The Bertz CT molecular complexity index is 944. The Morgan fingerprint density at radius 2 is 1.30 bits per heavy atom. The Morgan fingerprint density at radius 3 is 1.89 bits per heavy atom. The van der Waals surface area contributed by atoms with Gasteiger partial charge in [-0.15, -0.1) is 0 Å². The summed E-state index contributed by atoms with van der Waals surface area (Å²) in [5.41, 5.74) is 4.80. The van der Waals surface area contributed by atoms with E-state index >= 15 is 0 Å². The van der Waals surface area contributed by atoms with Gasteiger partial charge in [-0.3, -0.25) is 0 Å². The van der Waals surface area contributed by atoms with E-state index in [1.165, 1.54) is 0 Å². The largest absolute Gasteiger partial charge is 0.462 e. The van der Waals surface area contributed by atoms with E-state index in [0.717, 1.165) is 11.1 Å².